The van der Waals surface area contributed by atoms with Gasteiger partial charge in [0.2, 0.25) is 0 Å². The third-order valence-corrected chi connectivity index (χ3v) is 5.12. The van der Waals surface area contributed by atoms with Gasteiger partial charge < -0.3 is 5.73 Å². The van der Waals surface area contributed by atoms with E-state index in [0.29, 0.717) is 33.5 Å². The number of nitrogens with one attached hydrogen (secondary N) is 1. The number of nitrogen functional groups attached to an aromatic ring is 1. The summed E-state index contributed by atoms with van der Waals surface area (Å²) in [5.74, 6) is -1.06. The molecule has 0 saturated heterocycles. The first-order valence-corrected chi connectivity index (χ1v) is 9.48. The highest BCUT2D eigenvalue weighted by molar-refractivity contribution is 5.94. The molecule has 5 rings (SSSR count). The van der Waals surface area contributed by atoms with Gasteiger partial charge in [-0.05, 0) is 23.8 Å². The minimum atomic E-state index is -0.698. The molecule has 10 heteroatoms. The standard InChI is InChI=1S/C21H18F2N8/c1-30-10-13(7-26-30)20-14-6-17(25-8-18(14)27-28-20)19-15(22)4-11(5-16(19)23)3-12-9-31(2)29-21(12)24/h4-10H,3H2,1-2H3,(H2,24,29)(H,27,28). The second-order valence-corrected chi connectivity index (χ2v) is 7.41. The summed E-state index contributed by atoms with van der Waals surface area (Å²) in [5, 5.41) is 16.1. The van der Waals surface area contributed by atoms with Crippen LogP contribution in [0.4, 0.5) is 14.6 Å². The predicted octanol–water partition coefficient (Wildman–Crippen LogP) is 3.21. The fourth-order valence-electron chi connectivity index (χ4n) is 3.70. The van der Waals surface area contributed by atoms with Gasteiger partial charge in [-0.3, -0.25) is 19.4 Å². The number of halogens is 2. The van der Waals surface area contributed by atoms with Crippen LogP contribution in [-0.2, 0) is 20.5 Å². The molecule has 4 aromatic heterocycles. The van der Waals surface area contributed by atoms with Crippen molar-refractivity contribution in [2.24, 2.45) is 14.1 Å². The molecule has 0 aliphatic heterocycles. The average molecular weight is 420 g/mol. The third-order valence-electron chi connectivity index (χ3n) is 5.12. The molecule has 0 bridgehead atoms. The first-order valence-electron chi connectivity index (χ1n) is 9.48. The number of aromatic amines is 1. The van der Waals surface area contributed by atoms with Crippen LogP contribution in [0.5, 0.6) is 0 Å². The summed E-state index contributed by atoms with van der Waals surface area (Å²) in [6, 6.07) is 4.23. The summed E-state index contributed by atoms with van der Waals surface area (Å²) in [4.78, 5) is 4.24. The van der Waals surface area contributed by atoms with E-state index < -0.39 is 11.6 Å². The van der Waals surface area contributed by atoms with Gasteiger partial charge in [-0.15, -0.1) is 0 Å². The number of aryl methyl sites for hydroxylation is 2. The zero-order valence-electron chi connectivity index (χ0n) is 16.8. The van der Waals surface area contributed by atoms with Gasteiger partial charge in [0.15, 0.2) is 0 Å². The zero-order chi connectivity index (χ0) is 21.7. The van der Waals surface area contributed by atoms with E-state index in [1.54, 1.807) is 41.9 Å². The molecule has 0 radical (unpaired) electrons. The molecule has 0 fully saturated rings. The van der Waals surface area contributed by atoms with E-state index in [2.05, 4.69) is 25.4 Å². The van der Waals surface area contributed by atoms with E-state index in [4.69, 9.17) is 5.73 Å². The van der Waals surface area contributed by atoms with Crippen molar-refractivity contribution in [2.45, 2.75) is 6.42 Å². The van der Waals surface area contributed by atoms with E-state index in [-0.39, 0.29) is 17.7 Å². The second-order valence-electron chi connectivity index (χ2n) is 7.41. The molecule has 0 aliphatic carbocycles. The fourth-order valence-corrected chi connectivity index (χ4v) is 3.70. The molecular weight excluding hydrogens is 402 g/mol. The van der Waals surface area contributed by atoms with Crippen molar-refractivity contribution in [3.8, 4) is 22.5 Å². The Kier molecular flexibility index (Phi) is 4.28. The molecule has 0 amide bonds. The van der Waals surface area contributed by atoms with Gasteiger partial charge in [0.1, 0.15) is 23.1 Å². The SMILES string of the molecule is Cn1cc(-c2n[nH]c3cnc(-c4c(F)cc(Cc5cn(C)nc5N)cc4F)cc23)cn1. The van der Waals surface area contributed by atoms with Gasteiger partial charge in [0.05, 0.1) is 29.2 Å². The van der Waals surface area contributed by atoms with Crippen molar-refractivity contribution in [2.75, 3.05) is 5.73 Å². The number of hydrogen-bond acceptors (Lipinski definition) is 5. The Morgan fingerprint density at radius 3 is 2.45 bits per heavy atom. The lowest BCUT2D eigenvalue weighted by Crippen LogP contribution is -1.98. The molecule has 0 saturated carbocycles. The molecule has 0 atom stereocenters. The highest BCUT2D eigenvalue weighted by Crippen LogP contribution is 2.32. The van der Waals surface area contributed by atoms with Crippen LogP contribution >= 0.6 is 0 Å². The number of benzene rings is 1. The van der Waals surface area contributed by atoms with E-state index >= 15 is 0 Å². The summed E-state index contributed by atoms with van der Waals surface area (Å²) < 4.78 is 33.2. The van der Waals surface area contributed by atoms with Crippen molar-refractivity contribution in [1.29, 1.82) is 0 Å². The highest BCUT2D eigenvalue weighted by Gasteiger charge is 2.18. The second kappa shape index (κ2) is 7.01. The molecular formula is C21H18F2N8. The van der Waals surface area contributed by atoms with Crippen LogP contribution in [0.1, 0.15) is 11.1 Å². The fraction of sp³-hybridized carbons (Fsp3) is 0.143. The van der Waals surface area contributed by atoms with Crippen LogP contribution in [0.15, 0.2) is 43.0 Å². The summed E-state index contributed by atoms with van der Waals surface area (Å²) in [6.07, 6.45) is 7.01. The summed E-state index contributed by atoms with van der Waals surface area (Å²) in [6.45, 7) is 0. The van der Waals surface area contributed by atoms with Crippen LogP contribution < -0.4 is 5.73 Å². The number of rotatable bonds is 4. The van der Waals surface area contributed by atoms with Crippen LogP contribution in [0.25, 0.3) is 33.4 Å². The Balaban J connectivity index is 1.56. The lowest BCUT2D eigenvalue weighted by Gasteiger charge is -2.08. The predicted molar refractivity (Wildman–Crippen MR) is 112 cm³/mol. The largest absolute Gasteiger partial charge is 0.382 e. The van der Waals surface area contributed by atoms with E-state index in [9.17, 15) is 8.78 Å². The molecule has 0 aliphatic rings. The van der Waals surface area contributed by atoms with Crippen LogP contribution in [0.2, 0.25) is 0 Å². The van der Waals surface area contributed by atoms with Gasteiger partial charge in [-0.1, -0.05) is 0 Å². The molecule has 3 N–H and O–H groups in total. The van der Waals surface area contributed by atoms with Gasteiger partial charge in [-0.25, -0.2) is 8.78 Å². The van der Waals surface area contributed by atoms with Gasteiger partial charge in [-0.2, -0.15) is 15.3 Å². The number of nitrogens with two attached hydrogens (primary N) is 1. The maximum absolute atomic E-state index is 15.0. The van der Waals surface area contributed by atoms with Crippen molar-refractivity contribution in [1.82, 2.24) is 34.7 Å². The van der Waals surface area contributed by atoms with Crippen molar-refractivity contribution >= 4 is 16.7 Å². The zero-order valence-corrected chi connectivity index (χ0v) is 16.8. The van der Waals surface area contributed by atoms with Gasteiger partial charge in [0, 0.05) is 49.4 Å². The Morgan fingerprint density at radius 1 is 1.03 bits per heavy atom. The Hall–Kier alpha value is -4.08. The lowest BCUT2D eigenvalue weighted by molar-refractivity contribution is 0.586. The molecule has 4 heterocycles. The van der Waals surface area contributed by atoms with Gasteiger partial charge >= 0.3 is 0 Å². The molecule has 5 aromatic rings. The van der Waals surface area contributed by atoms with Crippen LogP contribution in [-0.4, -0.2) is 34.7 Å². The smallest absolute Gasteiger partial charge is 0.148 e. The number of anilines is 1. The Labute approximate surface area is 175 Å². The summed E-state index contributed by atoms with van der Waals surface area (Å²) >= 11 is 0. The Bertz CT molecular complexity index is 1410. The monoisotopic (exact) mass is 420 g/mol. The quantitative estimate of drug-likeness (QED) is 0.465. The summed E-state index contributed by atoms with van der Waals surface area (Å²) in [7, 11) is 3.54. The minimum absolute atomic E-state index is 0.182. The number of H-pyrrole nitrogens is 1. The topological polar surface area (TPSA) is 103 Å². The van der Waals surface area contributed by atoms with Gasteiger partial charge in [0.25, 0.3) is 0 Å². The van der Waals surface area contributed by atoms with Crippen molar-refractivity contribution < 1.29 is 8.78 Å². The third kappa shape index (κ3) is 3.31. The van der Waals surface area contributed by atoms with Crippen molar-refractivity contribution in [3.63, 3.8) is 0 Å². The number of aromatic nitrogens is 7. The van der Waals surface area contributed by atoms with E-state index in [1.165, 1.54) is 18.3 Å². The molecule has 31 heavy (non-hydrogen) atoms. The molecule has 0 spiro atoms. The molecule has 156 valence electrons. The van der Waals surface area contributed by atoms with E-state index in [1.807, 2.05) is 6.20 Å². The van der Waals surface area contributed by atoms with Crippen LogP contribution in [0, 0.1) is 11.6 Å². The molecule has 8 nitrogen and oxygen atoms in total. The number of hydrogen-bond donors (Lipinski definition) is 2. The highest BCUT2D eigenvalue weighted by atomic mass is 19.1. The molecule has 1 aromatic carbocycles. The summed E-state index contributed by atoms with van der Waals surface area (Å²) in [5.41, 5.74) is 9.08. The average Bonchev–Trinajstić information content (AvgIpc) is 3.40. The first-order chi connectivity index (χ1) is 14.9. The number of pyridine rings is 1. The minimum Gasteiger partial charge on any atom is -0.382 e. The van der Waals surface area contributed by atoms with E-state index in [0.717, 1.165) is 5.56 Å². The van der Waals surface area contributed by atoms with Crippen LogP contribution in [0.3, 0.4) is 0 Å². The normalized spacial score (nSPS) is 11.5. The Morgan fingerprint density at radius 2 is 1.81 bits per heavy atom. The maximum Gasteiger partial charge on any atom is 0.148 e. The van der Waals surface area contributed by atoms with Crippen molar-refractivity contribution in [3.05, 3.63) is 65.7 Å². The lowest BCUT2D eigenvalue weighted by atomic mass is 10.0. The number of nitrogens with zero attached hydrogens (tertiary/aromatic N) is 6. The maximum atomic E-state index is 15.0. The first kappa shape index (κ1) is 18.9. The number of fused-ring (bicyclic) bond motifs is 1. The molecule has 0 unspecified atom stereocenters.